The predicted molar refractivity (Wildman–Crippen MR) is 85.3 cm³/mol. The number of rotatable bonds is 7. The summed E-state index contributed by atoms with van der Waals surface area (Å²) < 4.78 is 1.89. The smallest absolute Gasteiger partial charge is 0.0833 e. The van der Waals surface area contributed by atoms with Crippen LogP contribution in [0.1, 0.15) is 44.4 Å². The van der Waals surface area contributed by atoms with Crippen molar-refractivity contribution in [2.45, 2.75) is 51.0 Å². The van der Waals surface area contributed by atoms with E-state index in [4.69, 9.17) is 0 Å². The molecule has 1 atom stereocenters. The van der Waals surface area contributed by atoms with Crippen LogP contribution in [-0.4, -0.2) is 20.7 Å². The Hall–Kier alpha value is -1.29. The Morgan fingerprint density at radius 1 is 1.15 bits per heavy atom. The summed E-state index contributed by atoms with van der Waals surface area (Å²) in [5.41, 5.74) is 2.49. The summed E-state index contributed by atoms with van der Waals surface area (Å²) in [6.45, 7) is 7.39. The van der Waals surface area contributed by atoms with Crippen molar-refractivity contribution in [3.63, 3.8) is 0 Å². The number of hydrogen-bond donors (Lipinski definition) is 0. The molecule has 1 aromatic carbocycles. The molecule has 0 spiro atoms. The van der Waals surface area contributed by atoms with Crippen molar-refractivity contribution >= 4 is 11.8 Å². The van der Waals surface area contributed by atoms with Crippen LogP contribution in [0.15, 0.2) is 35.4 Å². The molecule has 0 aliphatic rings. The van der Waals surface area contributed by atoms with Gasteiger partial charge in [0.15, 0.2) is 0 Å². The molecule has 0 aliphatic carbocycles. The Labute approximate surface area is 125 Å². The zero-order valence-corrected chi connectivity index (χ0v) is 13.4. The third-order valence-corrected chi connectivity index (χ3v) is 4.42. The lowest BCUT2D eigenvalue weighted by Crippen LogP contribution is -2.02. The molecular weight excluding hydrogens is 266 g/mol. The Kier molecular flexibility index (Phi) is 5.65. The highest BCUT2D eigenvalue weighted by Crippen LogP contribution is 2.26. The molecule has 2 rings (SSSR count). The summed E-state index contributed by atoms with van der Waals surface area (Å²) in [5.74, 6) is 1.65. The molecule has 0 saturated heterocycles. The minimum absolute atomic E-state index is 0.526. The van der Waals surface area contributed by atoms with E-state index in [0.29, 0.717) is 5.92 Å². The number of hydrogen-bond acceptors (Lipinski definition) is 3. The van der Waals surface area contributed by atoms with E-state index < -0.39 is 0 Å². The number of thioether (sulfide) groups is 1. The van der Waals surface area contributed by atoms with Crippen LogP contribution in [0.25, 0.3) is 0 Å². The van der Waals surface area contributed by atoms with Crippen LogP contribution in [0.5, 0.6) is 0 Å². The van der Waals surface area contributed by atoms with Crippen molar-refractivity contribution in [3.05, 3.63) is 41.7 Å². The fourth-order valence-corrected chi connectivity index (χ4v) is 3.00. The van der Waals surface area contributed by atoms with E-state index in [1.807, 2.05) is 16.4 Å². The molecule has 0 bridgehead atoms. The summed E-state index contributed by atoms with van der Waals surface area (Å²) >= 11 is 1.89. The van der Waals surface area contributed by atoms with E-state index >= 15 is 0 Å². The molecule has 0 fully saturated rings. The highest BCUT2D eigenvalue weighted by atomic mass is 32.2. The summed E-state index contributed by atoms with van der Waals surface area (Å²) in [5, 5.41) is 8.37. The van der Waals surface area contributed by atoms with Crippen molar-refractivity contribution in [1.29, 1.82) is 0 Å². The van der Waals surface area contributed by atoms with Gasteiger partial charge in [-0.05, 0) is 49.1 Å². The minimum atomic E-state index is 0.526. The third-order valence-electron chi connectivity index (χ3n) is 3.52. The Morgan fingerprint density at radius 2 is 1.90 bits per heavy atom. The van der Waals surface area contributed by atoms with E-state index in [9.17, 15) is 0 Å². The molecule has 0 amide bonds. The van der Waals surface area contributed by atoms with Crippen molar-refractivity contribution in [2.75, 3.05) is 5.75 Å². The lowest BCUT2D eigenvalue weighted by molar-refractivity contribution is 0.624. The van der Waals surface area contributed by atoms with Gasteiger partial charge in [0.25, 0.3) is 0 Å². The van der Waals surface area contributed by atoms with Gasteiger partial charge in [0.05, 0.1) is 5.69 Å². The second-order valence-electron chi connectivity index (χ2n) is 4.88. The van der Waals surface area contributed by atoms with Gasteiger partial charge in [-0.25, -0.2) is 0 Å². The van der Waals surface area contributed by atoms with Crippen molar-refractivity contribution in [1.82, 2.24) is 15.0 Å². The monoisotopic (exact) mass is 289 g/mol. The molecule has 0 saturated carbocycles. The van der Waals surface area contributed by atoms with Crippen LogP contribution in [-0.2, 0) is 13.0 Å². The average Bonchev–Trinajstić information content (AvgIpc) is 2.94. The van der Waals surface area contributed by atoms with E-state index in [0.717, 1.165) is 30.8 Å². The zero-order valence-electron chi connectivity index (χ0n) is 12.5. The first-order chi connectivity index (χ1) is 9.76. The zero-order chi connectivity index (χ0) is 14.4. The Bertz CT molecular complexity index is 519. The molecule has 2 aromatic rings. The molecule has 0 N–H and O–H groups in total. The van der Waals surface area contributed by atoms with Gasteiger partial charge in [0.2, 0.25) is 0 Å². The highest BCUT2D eigenvalue weighted by molar-refractivity contribution is 7.99. The highest BCUT2D eigenvalue weighted by Gasteiger charge is 2.12. The van der Waals surface area contributed by atoms with E-state index in [1.165, 1.54) is 10.5 Å². The number of nitrogens with zero attached hydrogens (tertiary/aromatic N) is 3. The minimum Gasteiger partial charge on any atom is -0.253 e. The van der Waals surface area contributed by atoms with Gasteiger partial charge in [-0.15, -0.1) is 16.9 Å². The topological polar surface area (TPSA) is 30.7 Å². The molecule has 0 aliphatic heterocycles. The second-order valence-corrected chi connectivity index (χ2v) is 6.21. The fourth-order valence-electron chi connectivity index (χ4n) is 2.34. The Morgan fingerprint density at radius 3 is 2.45 bits per heavy atom. The largest absolute Gasteiger partial charge is 0.253 e. The number of benzene rings is 1. The van der Waals surface area contributed by atoms with Crippen molar-refractivity contribution in [2.24, 2.45) is 0 Å². The first-order valence-electron chi connectivity index (χ1n) is 7.38. The summed E-state index contributed by atoms with van der Waals surface area (Å²) in [6.07, 6.45) is 4.15. The first-order valence-corrected chi connectivity index (χ1v) is 8.37. The second kappa shape index (κ2) is 7.48. The van der Waals surface area contributed by atoms with Gasteiger partial charge in [-0.1, -0.05) is 31.2 Å². The van der Waals surface area contributed by atoms with Gasteiger partial charge >= 0.3 is 0 Å². The molecular formula is C16H23N3S. The van der Waals surface area contributed by atoms with Crippen molar-refractivity contribution < 1.29 is 0 Å². The first kappa shape index (κ1) is 15.1. The number of aromatic nitrogens is 3. The average molecular weight is 289 g/mol. The molecule has 3 nitrogen and oxygen atoms in total. The van der Waals surface area contributed by atoms with Crippen LogP contribution < -0.4 is 0 Å². The SMILES string of the molecule is CCSc1ccc(C(CC)Cc2cn(CC)nn2)cc1. The van der Waals surface area contributed by atoms with Gasteiger partial charge in [-0.2, -0.15) is 0 Å². The number of aryl methyl sites for hydroxylation is 1. The maximum absolute atomic E-state index is 4.26. The van der Waals surface area contributed by atoms with Crippen LogP contribution in [0.2, 0.25) is 0 Å². The summed E-state index contributed by atoms with van der Waals surface area (Å²) in [7, 11) is 0. The lowest BCUT2D eigenvalue weighted by atomic mass is 9.92. The maximum atomic E-state index is 4.26. The van der Waals surface area contributed by atoms with Gasteiger partial charge in [0, 0.05) is 17.6 Å². The lowest BCUT2D eigenvalue weighted by Gasteiger charge is -2.14. The standard InChI is InChI=1S/C16H23N3S/c1-4-13(11-15-12-19(5-2)18-17-15)14-7-9-16(10-8-14)20-6-3/h7-10,12-13H,4-6,11H2,1-3H3. The quantitative estimate of drug-likeness (QED) is 0.718. The molecule has 1 heterocycles. The van der Waals surface area contributed by atoms with Crippen LogP contribution >= 0.6 is 11.8 Å². The van der Waals surface area contributed by atoms with E-state index in [-0.39, 0.29) is 0 Å². The molecule has 20 heavy (non-hydrogen) atoms. The summed E-state index contributed by atoms with van der Waals surface area (Å²) in [4.78, 5) is 1.35. The van der Waals surface area contributed by atoms with E-state index in [1.54, 1.807) is 0 Å². The van der Waals surface area contributed by atoms with Gasteiger partial charge in [0.1, 0.15) is 0 Å². The van der Waals surface area contributed by atoms with Crippen LogP contribution in [0, 0.1) is 0 Å². The fraction of sp³-hybridized carbons (Fsp3) is 0.500. The van der Waals surface area contributed by atoms with E-state index in [2.05, 4.69) is 61.5 Å². The molecule has 1 aromatic heterocycles. The predicted octanol–water partition coefficient (Wildman–Crippen LogP) is 4.15. The van der Waals surface area contributed by atoms with Gasteiger partial charge in [-0.3, -0.25) is 4.68 Å². The normalized spacial score (nSPS) is 12.6. The maximum Gasteiger partial charge on any atom is 0.0833 e. The molecule has 1 unspecified atom stereocenters. The van der Waals surface area contributed by atoms with Crippen LogP contribution in [0.3, 0.4) is 0 Å². The van der Waals surface area contributed by atoms with Crippen LogP contribution in [0.4, 0.5) is 0 Å². The molecule has 108 valence electrons. The Balaban J connectivity index is 2.07. The third kappa shape index (κ3) is 3.85. The summed E-state index contributed by atoms with van der Waals surface area (Å²) in [6, 6.07) is 8.98. The van der Waals surface area contributed by atoms with Gasteiger partial charge < -0.3 is 0 Å². The molecule has 4 heteroatoms. The van der Waals surface area contributed by atoms with Crippen molar-refractivity contribution in [3.8, 4) is 0 Å². The molecule has 0 radical (unpaired) electrons.